The Hall–Kier alpha value is 4.96. The van der Waals surface area contributed by atoms with Crippen molar-refractivity contribution in [2.45, 2.75) is 36.6 Å². The van der Waals surface area contributed by atoms with Crippen LogP contribution in [0, 0.1) is 29.7 Å². The number of aliphatic hydroxyl groups excluding tert-OH is 10. The van der Waals surface area contributed by atoms with Crippen LogP contribution in [-0.4, -0.2) is 330 Å². The second-order valence-electron chi connectivity index (χ2n) is 19.0. The van der Waals surface area contributed by atoms with Gasteiger partial charge in [0, 0.05) is 131 Å². The second kappa shape index (κ2) is 76.4. The molecular formula is C42H110Cl2N4O24P4Y4. The van der Waals surface area contributed by atoms with Crippen LogP contribution in [0.1, 0.15) is 0 Å². The number of alkyl halides is 2. The largest absolute Gasteiger partial charge is 0.394 e. The van der Waals surface area contributed by atoms with Crippen LogP contribution in [0.3, 0.4) is 0 Å². The zero-order valence-electron chi connectivity index (χ0n) is 50.7. The molecule has 488 valence electrons. The minimum absolute atomic E-state index is 0. The summed E-state index contributed by atoms with van der Waals surface area (Å²) < 4.78 is 82.7. The van der Waals surface area contributed by atoms with Crippen LogP contribution in [0.4, 0.5) is 0 Å². The molecule has 2 heterocycles. The van der Waals surface area contributed by atoms with Gasteiger partial charge < -0.3 is 145 Å². The summed E-state index contributed by atoms with van der Waals surface area (Å²) in [4.78, 5) is 16.5. The van der Waals surface area contributed by atoms with E-state index in [1.54, 1.807) is 0 Å². The number of likely N-dealkylation sites (N-methyl/N-ethyl adjacent to an activating group) is 4. The van der Waals surface area contributed by atoms with E-state index in [4.69, 9.17) is 102 Å². The fourth-order valence-corrected chi connectivity index (χ4v) is 4.65. The van der Waals surface area contributed by atoms with Crippen molar-refractivity contribution in [3.05, 3.63) is 29.7 Å². The molecule has 38 heteroatoms. The first kappa shape index (κ1) is 119. The average molecular weight is 1610 g/mol. The third-order valence-electron chi connectivity index (χ3n) is 7.14. The van der Waals surface area contributed by atoms with E-state index in [0.29, 0.717) is 35.4 Å². The van der Waals surface area contributed by atoms with Crippen molar-refractivity contribution in [1.29, 1.82) is 0 Å². The number of epoxide rings is 2. The Morgan fingerprint density at radius 1 is 0.425 bits per heavy atom. The first-order chi connectivity index (χ1) is 33.0. The topological polar surface area (TPSA) is 391 Å². The van der Waals surface area contributed by atoms with Crippen LogP contribution >= 0.6 is 56.2 Å². The molecule has 0 aliphatic carbocycles. The van der Waals surface area contributed by atoms with E-state index in [2.05, 4.69) is 18.5 Å². The van der Waals surface area contributed by atoms with Crippen molar-refractivity contribution < 1.29 is 264 Å². The molecule has 2 aliphatic rings. The molecule has 2 fully saturated rings. The predicted molar refractivity (Wildman–Crippen MR) is 301 cm³/mol. The molecule has 0 spiro atoms. The molecule has 4 radical (unpaired) electrons. The molecule has 12 N–H and O–H groups in total. The zero-order chi connectivity index (χ0) is 57.6. The summed E-state index contributed by atoms with van der Waals surface area (Å²) in [6.45, 7) is 4.58. The van der Waals surface area contributed by atoms with Gasteiger partial charge >= 0.3 is 33.0 Å². The average Bonchev–Trinajstić information content (AvgIpc) is 4.22. The van der Waals surface area contributed by atoms with Gasteiger partial charge in [-0.2, -0.15) is 0 Å². The van der Waals surface area contributed by atoms with Gasteiger partial charge in [-0.25, -0.2) is 0 Å². The van der Waals surface area contributed by atoms with Crippen molar-refractivity contribution in [2.24, 2.45) is 0 Å². The Morgan fingerprint density at radius 3 is 0.738 bits per heavy atom. The molecule has 0 aromatic heterocycles. The molecule has 0 saturated carbocycles. The minimum Gasteiger partial charge on any atom is -0.394 e. The molecule has 80 heavy (non-hydrogen) atoms. The van der Waals surface area contributed by atoms with Crippen molar-refractivity contribution >= 4 is 56.2 Å². The van der Waals surface area contributed by atoms with Gasteiger partial charge in [-0.3, -0.25) is 18.3 Å². The van der Waals surface area contributed by atoms with Gasteiger partial charge in [0.2, 0.25) is 0 Å². The summed E-state index contributed by atoms with van der Waals surface area (Å²) in [5.74, 6) is 0.215. The smallest absolute Gasteiger partial charge is 0.319 e. The summed E-state index contributed by atoms with van der Waals surface area (Å²) in [6, 6.07) is 0. The van der Waals surface area contributed by atoms with E-state index < -0.39 is 70.6 Å². The van der Waals surface area contributed by atoms with E-state index >= 15 is 0 Å². The second-order valence-corrected chi connectivity index (χ2v) is 23.4. The van der Waals surface area contributed by atoms with E-state index in [-0.39, 0.29) is 224 Å². The number of rotatable bonds is 30. The monoisotopic (exact) mass is 1600 g/mol. The number of hydrogen-bond acceptors (Lipinski definition) is 22. The third-order valence-corrected chi connectivity index (χ3v) is 10.4. The van der Waals surface area contributed by atoms with Crippen molar-refractivity contribution in [2.75, 3.05) is 215 Å². The van der Waals surface area contributed by atoms with Gasteiger partial charge in [0.05, 0.1) is 175 Å². The molecule has 0 aromatic carbocycles. The van der Waals surface area contributed by atoms with Gasteiger partial charge in [0.15, 0.2) is 0 Å². The van der Waals surface area contributed by atoms with Gasteiger partial charge in [-0.05, 0) is 0 Å². The SMILES string of the molecule is C[N+](C)(C)CCO[PH](=O)O.C[N+](C)(C)CCO[PH](=O)O.C[N+](C)(C)CCO[PH](=O)OCC(O)CO.C[N+](C)(C)CCO[PH](=O)OCC(O)CO.OCC(O)CCl.OCC(O)CCl.OCC1CO1.OCC1CO1.[CH3-].[CH3-].[CH3-].[CH3-].[Y].[Y].[Y].[Y]. The standard InChI is InChI=1S/2C8H21NO5P.2C5H14NO3P.2C3H7ClO2.2C3H6O2.4CH3.4Y/c2*1-9(2,3)4-5-13-15(12)14-7-8(11)6-10;2*1-6(2,3)4-5-9-10(7)8;2*4-1-3(6)2-5;2*4-1-3-2-5-3;;;;;;;;/h2*8,10-11,15H,4-7H2,1-3H3;2*10H,4-5H2,1-3H3;2*3,5-6H,1-2H2;2*3-4H,1-2H2;4*1H3;;;;/q2*+1;;;;;;;4*-1;;;;/p+2. The third kappa shape index (κ3) is 132. The molecule has 10 atom stereocenters. The zero-order valence-corrected chi connectivity index (χ0v) is 67.6. The summed E-state index contributed by atoms with van der Waals surface area (Å²) in [5, 5.41) is 83.5. The first-order valence-corrected chi connectivity index (χ1v) is 28.3. The first-order valence-electron chi connectivity index (χ1n) is 22.3. The van der Waals surface area contributed by atoms with E-state index in [1.165, 1.54) is 0 Å². The van der Waals surface area contributed by atoms with Crippen LogP contribution in [0.2, 0.25) is 0 Å². The van der Waals surface area contributed by atoms with Gasteiger partial charge in [-0.1, -0.05) is 0 Å². The molecule has 2 rings (SSSR count). The molecular weight excluding hydrogens is 1490 g/mol. The number of aliphatic hydroxyl groups is 10. The van der Waals surface area contributed by atoms with E-state index in [9.17, 15) is 18.3 Å². The normalized spacial score (nSPS) is 16.4. The molecule has 2 aliphatic heterocycles. The van der Waals surface area contributed by atoms with Gasteiger partial charge in [0.1, 0.15) is 77.0 Å². The Kier molecular flexibility index (Phi) is 114. The van der Waals surface area contributed by atoms with Crippen LogP contribution in [0.25, 0.3) is 0 Å². The summed E-state index contributed by atoms with van der Waals surface area (Å²) in [5.41, 5.74) is 0. The summed E-state index contributed by atoms with van der Waals surface area (Å²) >= 11 is 10.1. The molecule has 28 nitrogen and oxygen atoms in total. The predicted octanol–water partition coefficient (Wildman–Crippen LogP) is -1.18. The van der Waals surface area contributed by atoms with Gasteiger partial charge in [-0.15, -0.1) is 23.2 Å². The summed E-state index contributed by atoms with van der Waals surface area (Å²) in [7, 11) is 13.4. The fourth-order valence-electron chi connectivity index (χ4n) is 2.58. The van der Waals surface area contributed by atoms with Crippen molar-refractivity contribution in [3.63, 3.8) is 0 Å². The molecule has 0 aromatic rings. The van der Waals surface area contributed by atoms with Crippen LogP contribution in [0.5, 0.6) is 0 Å². The number of halogens is 2. The number of quaternary nitrogens is 4. The minimum atomic E-state index is -2.72. The van der Waals surface area contributed by atoms with Gasteiger partial charge in [0.25, 0.3) is 0 Å². The Balaban J connectivity index is -0.0000000526. The molecule has 0 bridgehead atoms. The number of hydrogen-bond donors (Lipinski definition) is 12. The maximum Gasteiger partial charge on any atom is 0.319 e. The Labute approximate surface area is 595 Å². The Bertz CT molecular complexity index is 1210. The quantitative estimate of drug-likeness (QED) is 0.0132. The van der Waals surface area contributed by atoms with Crippen molar-refractivity contribution in [1.82, 2.24) is 0 Å². The maximum atomic E-state index is 11.1. The van der Waals surface area contributed by atoms with Crippen LogP contribution < -0.4 is 0 Å². The van der Waals surface area contributed by atoms with Crippen LogP contribution in [0.15, 0.2) is 0 Å². The van der Waals surface area contributed by atoms with Crippen LogP contribution in [-0.2, 0) is 186 Å². The molecule has 2 saturated heterocycles. The summed E-state index contributed by atoms with van der Waals surface area (Å²) in [6.07, 6.45) is -3.11. The van der Waals surface area contributed by atoms with Crippen molar-refractivity contribution in [3.8, 4) is 0 Å². The molecule has 10 unspecified atom stereocenters. The number of nitrogens with zero attached hydrogens (tertiary/aromatic N) is 4. The number of ether oxygens (including phenoxy) is 2. The van der Waals surface area contributed by atoms with E-state index in [0.717, 1.165) is 48.4 Å². The molecule has 0 amide bonds. The Morgan fingerprint density at radius 2 is 0.625 bits per heavy atom. The maximum absolute atomic E-state index is 11.1. The fraction of sp³-hybridized carbons (Fsp3) is 0.905. The van der Waals surface area contributed by atoms with E-state index in [1.807, 2.05) is 84.6 Å².